The van der Waals surface area contributed by atoms with Crippen LogP contribution >= 0.6 is 0 Å². The molecule has 0 fully saturated rings. The number of nitrogens with one attached hydrogen (secondary N) is 3. The number of nitrogens with zero attached hydrogens (tertiary/aromatic N) is 1. The molecule has 7 nitrogen and oxygen atoms in total. The van der Waals surface area contributed by atoms with Gasteiger partial charge in [-0.1, -0.05) is 0 Å². The summed E-state index contributed by atoms with van der Waals surface area (Å²) in [5.41, 5.74) is 0. The van der Waals surface area contributed by atoms with Crippen LogP contribution in [0.5, 0.6) is 0 Å². The predicted molar refractivity (Wildman–Crippen MR) is 73.3 cm³/mol. The topological polar surface area (TPSA) is 91.8 Å². The molecule has 0 aromatic carbocycles. The van der Waals surface area contributed by atoms with Crippen molar-refractivity contribution >= 4 is 16.0 Å². The van der Waals surface area contributed by atoms with Crippen molar-refractivity contribution < 1.29 is 13.2 Å². The lowest BCUT2D eigenvalue weighted by molar-refractivity contribution is 0.195. The Morgan fingerprint density at radius 3 is 2.28 bits per heavy atom. The molecule has 8 heteroatoms. The summed E-state index contributed by atoms with van der Waals surface area (Å²) < 4.78 is 29.0. The molecular formula is C10H24N4O3S. The van der Waals surface area contributed by atoms with Crippen LogP contribution in [0.25, 0.3) is 0 Å². The third kappa shape index (κ3) is 11.6. The number of sulfonamides is 1. The first kappa shape index (κ1) is 17.1. The minimum Gasteiger partial charge on any atom is -0.385 e. The number of hydrogen-bond donors (Lipinski definition) is 3. The van der Waals surface area contributed by atoms with Crippen molar-refractivity contribution in [2.24, 2.45) is 4.99 Å². The van der Waals surface area contributed by atoms with Crippen LogP contribution in [0.4, 0.5) is 0 Å². The molecule has 0 heterocycles. The van der Waals surface area contributed by atoms with E-state index in [9.17, 15) is 8.42 Å². The summed E-state index contributed by atoms with van der Waals surface area (Å²) >= 11 is 0. The number of hydrogen-bond acceptors (Lipinski definition) is 4. The van der Waals surface area contributed by atoms with Crippen molar-refractivity contribution in [3.05, 3.63) is 0 Å². The maximum Gasteiger partial charge on any atom is 0.208 e. The largest absolute Gasteiger partial charge is 0.385 e. The molecule has 3 N–H and O–H groups in total. The molecule has 0 saturated carbocycles. The molecule has 0 aliphatic heterocycles. The third-order valence-corrected chi connectivity index (χ3v) is 2.78. The Balaban J connectivity index is 3.57. The number of guanidine groups is 1. The maximum atomic E-state index is 10.8. The summed E-state index contributed by atoms with van der Waals surface area (Å²) in [6.07, 6.45) is 2.76. The second kappa shape index (κ2) is 10.1. The van der Waals surface area contributed by atoms with E-state index in [-0.39, 0.29) is 0 Å². The van der Waals surface area contributed by atoms with Crippen molar-refractivity contribution in [1.82, 2.24) is 15.4 Å². The molecule has 0 atom stereocenters. The summed E-state index contributed by atoms with van der Waals surface area (Å²) in [4.78, 5) is 4.05. The molecule has 18 heavy (non-hydrogen) atoms. The van der Waals surface area contributed by atoms with Crippen molar-refractivity contribution in [1.29, 1.82) is 0 Å². The van der Waals surface area contributed by atoms with Crippen molar-refractivity contribution in [2.45, 2.75) is 12.8 Å². The van der Waals surface area contributed by atoms with E-state index in [1.165, 1.54) is 0 Å². The average molecular weight is 280 g/mol. The van der Waals surface area contributed by atoms with Gasteiger partial charge < -0.3 is 15.4 Å². The lowest BCUT2D eigenvalue weighted by Crippen LogP contribution is -2.39. The van der Waals surface area contributed by atoms with Gasteiger partial charge in [0, 0.05) is 40.4 Å². The van der Waals surface area contributed by atoms with Gasteiger partial charge in [-0.25, -0.2) is 13.1 Å². The van der Waals surface area contributed by atoms with Crippen LogP contribution < -0.4 is 15.4 Å². The first-order valence-electron chi connectivity index (χ1n) is 5.87. The van der Waals surface area contributed by atoms with Crippen LogP contribution in [0.2, 0.25) is 0 Å². The standard InChI is InChI=1S/C10H24N4O3S/c1-11-10(13-7-5-9-17-2)12-6-4-8-14-18(3,15)16/h14H,4-9H2,1-3H3,(H2,11,12,13). The Morgan fingerprint density at radius 2 is 1.78 bits per heavy atom. The SMILES string of the molecule is CN=C(NCCCNS(C)(=O)=O)NCCCOC. The van der Waals surface area contributed by atoms with Gasteiger partial charge in [0.1, 0.15) is 0 Å². The van der Waals surface area contributed by atoms with Crippen LogP contribution in [0.3, 0.4) is 0 Å². The molecule has 0 radical (unpaired) electrons. The van der Waals surface area contributed by atoms with Gasteiger partial charge in [-0.15, -0.1) is 0 Å². The fourth-order valence-corrected chi connectivity index (χ4v) is 1.71. The maximum absolute atomic E-state index is 10.8. The second-order valence-electron chi connectivity index (χ2n) is 3.79. The molecule has 0 unspecified atom stereocenters. The molecular weight excluding hydrogens is 256 g/mol. The van der Waals surface area contributed by atoms with Crippen LogP contribution in [-0.4, -0.2) is 61.0 Å². The van der Waals surface area contributed by atoms with E-state index in [1.54, 1.807) is 14.2 Å². The number of methoxy groups -OCH3 is 1. The molecule has 0 aliphatic carbocycles. The normalized spacial score (nSPS) is 12.5. The summed E-state index contributed by atoms with van der Waals surface area (Å²) in [6.45, 7) is 2.58. The van der Waals surface area contributed by atoms with Crippen molar-refractivity contribution in [3.63, 3.8) is 0 Å². The zero-order valence-corrected chi connectivity index (χ0v) is 12.1. The molecule has 0 spiro atoms. The second-order valence-corrected chi connectivity index (χ2v) is 5.63. The number of ether oxygens (including phenoxy) is 1. The van der Waals surface area contributed by atoms with Crippen LogP contribution in [-0.2, 0) is 14.8 Å². The molecule has 0 saturated heterocycles. The van der Waals surface area contributed by atoms with E-state index >= 15 is 0 Å². The first-order valence-corrected chi connectivity index (χ1v) is 7.77. The highest BCUT2D eigenvalue weighted by Gasteiger charge is 1.99. The van der Waals surface area contributed by atoms with E-state index in [1.807, 2.05) is 0 Å². The quantitative estimate of drug-likeness (QED) is 0.290. The monoisotopic (exact) mass is 280 g/mol. The van der Waals surface area contributed by atoms with Gasteiger partial charge in [0.05, 0.1) is 6.26 Å². The van der Waals surface area contributed by atoms with Gasteiger partial charge in [-0.3, -0.25) is 4.99 Å². The summed E-state index contributed by atoms with van der Waals surface area (Å²) in [5.74, 6) is 0.713. The highest BCUT2D eigenvalue weighted by molar-refractivity contribution is 7.88. The van der Waals surface area contributed by atoms with Crippen LogP contribution in [0.15, 0.2) is 4.99 Å². The Bertz CT molecular complexity index is 330. The van der Waals surface area contributed by atoms with Gasteiger partial charge in [0.15, 0.2) is 5.96 Å². The average Bonchev–Trinajstić information content (AvgIpc) is 2.30. The highest BCUT2D eigenvalue weighted by atomic mass is 32.2. The van der Waals surface area contributed by atoms with E-state index < -0.39 is 10.0 Å². The van der Waals surface area contributed by atoms with Gasteiger partial charge in [-0.05, 0) is 12.8 Å². The fraction of sp³-hybridized carbons (Fsp3) is 0.900. The van der Waals surface area contributed by atoms with Gasteiger partial charge >= 0.3 is 0 Å². The van der Waals surface area contributed by atoms with Gasteiger partial charge in [0.2, 0.25) is 10.0 Å². The molecule has 0 amide bonds. The van der Waals surface area contributed by atoms with E-state index in [4.69, 9.17) is 4.74 Å². The van der Waals surface area contributed by atoms with E-state index in [0.717, 1.165) is 19.2 Å². The fourth-order valence-electron chi connectivity index (χ4n) is 1.20. The zero-order valence-electron chi connectivity index (χ0n) is 11.3. The molecule has 0 aliphatic rings. The number of rotatable bonds is 9. The van der Waals surface area contributed by atoms with E-state index in [0.29, 0.717) is 32.1 Å². The summed E-state index contributed by atoms with van der Waals surface area (Å²) in [5, 5.41) is 6.23. The van der Waals surface area contributed by atoms with Gasteiger partial charge in [0.25, 0.3) is 0 Å². The minimum absolute atomic E-state index is 0.423. The van der Waals surface area contributed by atoms with Crippen molar-refractivity contribution in [3.8, 4) is 0 Å². The first-order chi connectivity index (χ1) is 8.49. The molecule has 0 aromatic rings. The highest BCUT2D eigenvalue weighted by Crippen LogP contribution is 1.80. The zero-order chi connectivity index (χ0) is 13.9. The van der Waals surface area contributed by atoms with Gasteiger partial charge in [-0.2, -0.15) is 0 Å². The molecule has 0 bridgehead atoms. The molecule has 0 rings (SSSR count). The third-order valence-electron chi connectivity index (χ3n) is 2.05. The molecule has 0 aromatic heterocycles. The van der Waals surface area contributed by atoms with Crippen LogP contribution in [0.1, 0.15) is 12.8 Å². The smallest absolute Gasteiger partial charge is 0.208 e. The van der Waals surface area contributed by atoms with Crippen LogP contribution in [0, 0.1) is 0 Å². The Morgan fingerprint density at radius 1 is 1.17 bits per heavy atom. The summed E-state index contributed by atoms with van der Waals surface area (Å²) in [7, 11) is 0.275. The lowest BCUT2D eigenvalue weighted by Gasteiger charge is -2.11. The molecule has 108 valence electrons. The Kier molecular flexibility index (Phi) is 9.62. The Labute approximate surface area is 109 Å². The van der Waals surface area contributed by atoms with E-state index in [2.05, 4.69) is 20.3 Å². The Hall–Kier alpha value is -0.860. The minimum atomic E-state index is -3.09. The van der Waals surface area contributed by atoms with Crippen molar-refractivity contribution in [2.75, 3.05) is 46.7 Å². The predicted octanol–water partition coefficient (Wildman–Crippen LogP) is -0.873. The number of aliphatic imine (C=N–C) groups is 1. The summed E-state index contributed by atoms with van der Waals surface area (Å²) in [6, 6.07) is 0. The lowest BCUT2D eigenvalue weighted by atomic mass is 10.4.